The van der Waals surface area contributed by atoms with E-state index in [4.69, 9.17) is 0 Å². The number of thiazole rings is 1. The number of aromatic nitrogens is 1. The Labute approximate surface area is 125 Å². The largest absolute Gasteiger partial charge is 0.386 e. The van der Waals surface area contributed by atoms with Crippen molar-refractivity contribution in [1.82, 2.24) is 9.88 Å². The summed E-state index contributed by atoms with van der Waals surface area (Å²) in [4.78, 5) is 19.4. The summed E-state index contributed by atoms with van der Waals surface area (Å²) < 4.78 is 0. The number of nitrogens with zero attached hydrogens (tertiary/aromatic N) is 2. The van der Waals surface area contributed by atoms with Crippen LogP contribution in [0.1, 0.15) is 30.3 Å². The van der Waals surface area contributed by atoms with E-state index in [1.807, 2.05) is 24.4 Å². The number of amides is 1. The third-order valence-electron chi connectivity index (χ3n) is 3.43. The van der Waals surface area contributed by atoms with Crippen LogP contribution in [0.15, 0.2) is 22.9 Å². The molecule has 2 aromatic heterocycles. The monoisotopic (exact) mass is 308 g/mol. The fourth-order valence-corrected chi connectivity index (χ4v) is 4.09. The normalized spacial score (nSPS) is 17.0. The van der Waals surface area contributed by atoms with Gasteiger partial charge in [0, 0.05) is 5.38 Å². The number of hydrogen-bond donors (Lipinski definition) is 1. The van der Waals surface area contributed by atoms with Crippen LogP contribution < -0.4 is 0 Å². The molecule has 4 nitrogen and oxygen atoms in total. The van der Waals surface area contributed by atoms with Gasteiger partial charge >= 0.3 is 0 Å². The first-order chi connectivity index (χ1) is 9.61. The van der Waals surface area contributed by atoms with Gasteiger partial charge in [-0.05, 0) is 17.9 Å². The summed E-state index contributed by atoms with van der Waals surface area (Å²) >= 11 is 3.11. The van der Waals surface area contributed by atoms with Crippen LogP contribution in [0.2, 0.25) is 0 Å². The van der Waals surface area contributed by atoms with Gasteiger partial charge in [0.05, 0.1) is 23.6 Å². The van der Waals surface area contributed by atoms with Gasteiger partial charge in [0.2, 0.25) is 0 Å². The summed E-state index contributed by atoms with van der Waals surface area (Å²) in [6.45, 7) is 2.88. The summed E-state index contributed by atoms with van der Waals surface area (Å²) in [6.07, 6.45) is 1.67. The minimum absolute atomic E-state index is 0.0789. The van der Waals surface area contributed by atoms with Crippen molar-refractivity contribution in [3.63, 3.8) is 0 Å². The number of β-amino-alcohol motifs (C(OH)–C–C–N with tert-alkyl or cyclic N) is 1. The highest BCUT2D eigenvalue weighted by Gasteiger charge is 2.43. The van der Waals surface area contributed by atoms with Gasteiger partial charge in [-0.2, -0.15) is 0 Å². The van der Waals surface area contributed by atoms with Crippen molar-refractivity contribution in [2.24, 2.45) is 0 Å². The highest BCUT2D eigenvalue weighted by Crippen LogP contribution is 2.30. The maximum absolute atomic E-state index is 12.3. The molecule has 0 atom stereocenters. The Balaban J connectivity index is 1.67. The second-order valence-electron chi connectivity index (χ2n) is 5.15. The molecular weight excluding hydrogens is 292 g/mol. The quantitative estimate of drug-likeness (QED) is 0.945. The van der Waals surface area contributed by atoms with Crippen LogP contribution in [-0.2, 0) is 0 Å². The highest BCUT2D eigenvalue weighted by molar-refractivity contribution is 7.20. The molecule has 1 N–H and O–H groups in total. The zero-order valence-electron chi connectivity index (χ0n) is 11.2. The van der Waals surface area contributed by atoms with Gasteiger partial charge in [0.15, 0.2) is 0 Å². The van der Waals surface area contributed by atoms with Crippen molar-refractivity contribution in [3.05, 3.63) is 28.6 Å². The van der Waals surface area contributed by atoms with Crippen molar-refractivity contribution in [3.8, 4) is 9.88 Å². The van der Waals surface area contributed by atoms with E-state index in [9.17, 15) is 9.90 Å². The molecular formula is C14H16N2O2S2. The molecule has 0 bridgehead atoms. The molecule has 1 aliphatic heterocycles. The molecule has 0 radical (unpaired) electrons. The zero-order chi connectivity index (χ0) is 14.2. The highest BCUT2D eigenvalue weighted by atomic mass is 32.1. The summed E-state index contributed by atoms with van der Waals surface area (Å²) in [6, 6.07) is 3.98. The molecule has 3 heterocycles. The molecule has 6 heteroatoms. The Bertz CT molecular complexity index is 600. The summed E-state index contributed by atoms with van der Waals surface area (Å²) in [5, 5.41) is 14.8. The van der Waals surface area contributed by atoms with E-state index >= 15 is 0 Å². The van der Waals surface area contributed by atoms with E-state index in [-0.39, 0.29) is 5.91 Å². The SMILES string of the molecule is CCCC1(O)CN(C(=O)c2csc(-c3cccs3)n2)C1. The van der Waals surface area contributed by atoms with Crippen LogP contribution in [0.3, 0.4) is 0 Å². The molecule has 0 saturated carbocycles. The van der Waals surface area contributed by atoms with Crippen molar-refractivity contribution in [2.75, 3.05) is 13.1 Å². The lowest BCUT2D eigenvalue weighted by molar-refractivity contribution is -0.0861. The van der Waals surface area contributed by atoms with Crippen molar-refractivity contribution >= 4 is 28.6 Å². The average Bonchev–Trinajstić information content (AvgIpc) is 3.05. The van der Waals surface area contributed by atoms with E-state index in [0.29, 0.717) is 18.8 Å². The van der Waals surface area contributed by atoms with E-state index in [1.165, 1.54) is 11.3 Å². The van der Waals surface area contributed by atoms with Gasteiger partial charge < -0.3 is 10.0 Å². The fourth-order valence-electron chi connectivity index (χ4n) is 2.48. The molecule has 106 valence electrons. The Hall–Kier alpha value is -1.24. The van der Waals surface area contributed by atoms with Gasteiger partial charge in [0.25, 0.3) is 5.91 Å². The zero-order valence-corrected chi connectivity index (χ0v) is 12.8. The lowest BCUT2D eigenvalue weighted by Gasteiger charge is -2.46. The molecule has 0 unspecified atom stereocenters. The van der Waals surface area contributed by atoms with Crippen molar-refractivity contribution in [2.45, 2.75) is 25.4 Å². The average molecular weight is 308 g/mol. The lowest BCUT2D eigenvalue weighted by atomic mass is 9.89. The lowest BCUT2D eigenvalue weighted by Crippen LogP contribution is -2.63. The standard InChI is InChI=1S/C14H16N2O2S2/c1-2-5-14(18)8-16(9-14)13(17)10-7-20-12(15-10)11-4-3-6-19-11/h3-4,6-7,18H,2,5,8-9H2,1H3. The second kappa shape index (κ2) is 5.27. The Morgan fingerprint density at radius 2 is 2.30 bits per heavy atom. The predicted molar refractivity (Wildman–Crippen MR) is 81.2 cm³/mol. The van der Waals surface area contributed by atoms with E-state index in [2.05, 4.69) is 4.98 Å². The predicted octanol–water partition coefficient (Wildman–Crippen LogP) is 2.86. The van der Waals surface area contributed by atoms with Gasteiger partial charge in [-0.3, -0.25) is 4.79 Å². The molecule has 1 fully saturated rings. The van der Waals surface area contributed by atoms with E-state index in [1.54, 1.807) is 21.6 Å². The summed E-state index contributed by atoms with van der Waals surface area (Å²) in [5.41, 5.74) is -0.200. The van der Waals surface area contributed by atoms with Crippen LogP contribution >= 0.6 is 22.7 Å². The van der Waals surface area contributed by atoms with Gasteiger partial charge in [-0.15, -0.1) is 22.7 Å². The van der Waals surface area contributed by atoms with E-state index in [0.717, 1.165) is 22.7 Å². The molecule has 0 spiro atoms. The van der Waals surface area contributed by atoms with Crippen LogP contribution in [0, 0.1) is 0 Å². The number of thiophene rings is 1. The first-order valence-corrected chi connectivity index (χ1v) is 8.38. The van der Waals surface area contributed by atoms with Gasteiger partial charge in [-0.1, -0.05) is 19.4 Å². The fraction of sp³-hybridized carbons (Fsp3) is 0.429. The van der Waals surface area contributed by atoms with Crippen LogP contribution in [-0.4, -0.2) is 39.6 Å². The minimum atomic E-state index is -0.684. The number of likely N-dealkylation sites (tertiary alicyclic amines) is 1. The third-order valence-corrected chi connectivity index (χ3v) is 5.31. The minimum Gasteiger partial charge on any atom is -0.386 e. The first kappa shape index (κ1) is 13.7. The van der Waals surface area contributed by atoms with Crippen molar-refractivity contribution in [1.29, 1.82) is 0 Å². The molecule has 2 aromatic rings. The number of carbonyl (C=O) groups is 1. The molecule has 20 heavy (non-hydrogen) atoms. The molecule has 3 rings (SSSR count). The number of rotatable bonds is 4. The third kappa shape index (κ3) is 2.51. The van der Waals surface area contributed by atoms with Gasteiger partial charge in [0.1, 0.15) is 10.7 Å². The first-order valence-electron chi connectivity index (χ1n) is 6.62. The maximum atomic E-state index is 12.3. The Kier molecular flexibility index (Phi) is 3.62. The van der Waals surface area contributed by atoms with Crippen molar-refractivity contribution < 1.29 is 9.90 Å². The Morgan fingerprint density at radius 1 is 1.50 bits per heavy atom. The smallest absolute Gasteiger partial charge is 0.273 e. The molecule has 1 amide bonds. The topological polar surface area (TPSA) is 53.4 Å². The van der Waals surface area contributed by atoms with E-state index < -0.39 is 5.60 Å². The number of carbonyl (C=O) groups excluding carboxylic acids is 1. The van der Waals surface area contributed by atoms with Crippen LogP contribution in [0.5, 0.6) is 0 Å². The molecule has 1 saturated heterocycles. The summed E-state index contributed by atoms with van der Waals surface area (Å²) in [7, 11) is 0. The van der Waals surface area contributed by atoms with Crippen LogP contribution in [0.25, 0.3) is 9.88 Å². The number of aliphatic hydroxyl groups is 1. The maximum Gasteiger partial charge on any atom is 0.273 e. The van der Waals surface area contributed by atoms with Crippen LogP contribution in [0.4, 0.5) is 0 Å². The summed E-state index contributed by atoms with van der Waals surface area (Å²) in [5.74, 6) is -0.0789. The molecule has 0 aromatic carbocycles. The second-order valence-corrected chi connectivity index (χ2v) is 6.96. The number of hydrogen-bond acceptors (Lipinski definition) is 5. The Morgan fingerprint density at radius 3 is 2.95 bits per heavy atom. The molecule has 0 aliphatic carbocycles. The van der Waals surface area contributed by atoms with Gasteiger partial charge in [-0.25, -0.2) is 4.98 Å². The molecule has 1 aliphatic rings.